The third-order valence-electron chi connectivity index (χ3n) is 3.40. The van der Waals surface area contributed by atoms with Crippen molar-refractivity contribution in [2.75, 3.05) is 23.7 Å². The van der Waals surface area contributed by atoms with Crippen molar-refractivity contribution in [2.24, 2.45) is 0 Å². The summed E-state index contributed by atoms with van der Waals surface area (Å²) in [6.45, 7) is 6.35. The van der Waals surface area contributed by atoms with Crippen molar-refractivity contribution < 1.29 is 0 Å². The Morgan fingerprint density at radius 2 is 1.79 bits per heavy atom. The maximum atomic E-state index is 5.81. The highest BCUT2D eigenvalue weighted by atomic mass is 15.1. The van der Waals surface area contributed by atoms with Crippen molar-refractivity contribution in [2.45, 2.75) is 20.3 Å². The molecule has 0 aliphatic rings. The van der Waals surface area contributed by atoms with Gasteiger partial charge in [-0.15, -0.1) is 0 Å². The summed E-state index contributed by atoms with van der Waals surface area (Å²) in [5, 5.41) is 0. The van der Waals surface area contributed by atoms with E-state index >= 15 is 0 Å². The van der Waals surface area contributed by atoms with Crippen LogP contribution in [0.15, 0.2) is 48.5 Å². The average molecular weight is 254 g/mol. The van der Waals surface area contributed by atoms with Crippen LogP contribution < -0.4 is 10.6 Å². The summed E-state index contributed by atoms with van der Waals surface area (Å²) in [7, 11) is 0. The normalized spacial score (nSPS) is 10.4. The molecule has 0 spiro atoms. The molecule has 0 bridgehead atoms. The van der Waals surface area contributed by atoms with Crippen molar-refractivity contribution in [3.8, 4) is 0 Å². The summed E-state index contributed by atoms with van der Waals surface area (Å²) in [6.07, 6.45) is 1.02. The maximum Gasteiger partial charge on any atom is 0.0366 e. The summed E-state index contributed by atoms with van der Waals surface area (Å²) in [5.41, 5.74) is 10.5. The summed E-state index contributed by atoms with van der Waals surface area (Å²) in [4.78, 5) is 2.39. The number of likely N-dealkylation sites (N-methyl/N-ethyl adjacent to an activating group) is 1. The number of hydrogen-bond donors (Lipinski definition) is 1. The third-order valence-corrected chi connectivity index (χ3v) is 3.40. The number of rotatable bonds is 5. The summed E-state index contributed by atoms with van der Waals surface area (Å²) < 4.78 is 0. The molecule has 2 aromatic rings. The Labute approximate surface area is 115 Å². The number of anilines is 2. The number of benzene rings is 2. The van der Waals surface area contributed by atoms with Crippen LogP contribution in [0.5, 0.6) is 0 Å². The van der Waals surface area contributed by atoms with Gasteiger partial charge in [-0.2, -0.15) is 0 Å². The van der Waals surface area contributed by atoms with Gasteiger partial charge in [0, 0.05) is 24.5 Å². The lowest BCUT2D eigenvalue weighted by atomic mass is 10.1. The largest absolute Gasteiger partial charge is 0.399 e. The van der Waals surface area contributed by atoms with Gasteiger partial charge >= 0.3 is 0 Å². The van der Waals surface area contributed by atoms with Gasteiger partial charge in [0.1, 0.15) is 0 Å². The van der Waals surface area contributed by atoms with E-state index in [1.54, 1.807) is 0 Å². The molecule has 0 fully saturated rings. The minimum Gasteiger partial charge on any atom is -0.399 e. The molecule has 0 atom stereocenters. The van der Waals surface area contributed by atoms with Crippen molar-refractivity contribution >= 4 is 11.4 Å². The van der Waals surface area contributed by atoms with E-state index in [0.29, 0.717) is 0 Å². The Bertz CT molecular complexity index is 517. The smallest absolute Gasteiger partial charge is 0.0366 e. The monoisotopic (exact) mass is 254 g/mol. The molecule has 0 saturated carbocycles. The van der Waals surface area contributed by atoms with Crippen LogP contribution in [0, 0.1) is 6.92 Å². The standard InChI is InChI=1S/C17H22N2/c1-3-19(17-9-7-14(2)8-10-17)12-11-15-5-4-6-16(18)13-15/h4-10,13H,3,11-12,18H2,1-2H3. The Morgan fingerprint density at radius 3 is 2.42 bits per heavy atom. The minimum absolute atomic E-state index is 0.843. The van der Waals surface area contributed by atoms with E-state index in [-0.39, 0.29) is 0 Å². The van der Waals surface area contributed by atoms with Gasteiger partial charge in [0.05, 0.1) is 0 Å². The first kappa shape index (κ1) is 13.5. The number of hydrogen-bond acceptors (Lipinski definition) is 2. The summed E-state index contributed by atoms with van der Waals surface area (Å²) in [6, 6.07) is 16.9. The third kappa shape index (κ3) is 3.75. The first-order valence-electron chi connectivity index (χ1n) is 6.85. The molecule has 0 aliphatic carbocycles. The molecule has 2 nitrogen and oxygen atoms in total. The molecular formula is C17H22N2. The molecule has 2 N–H and O–H groups in total. The van der Waals surface area contributed by atoms with E-state index in [1.807, 2.05) is 12.1 Å². The van der Waals surface area contributed by atoms with Gasteiger partial charge in [0.25, 0.3) is 0 Å². The molecular weight excluding hydrogens is 232 g/mol. The topological polar surface area (TPSA) is 29.3 Å². The molecule has 0 heterocycles. The van der Waals surface area contributed by atoms with Crippen LogP contribution in [0.2, 0.25) is 0 Å². The quantitative estimate of drug-likeness (QED) is 0.825. The fourth-order valence-corrected chi connectivity index (χ4v) is 2.24. The van der Waals surface area contributed by atoms with Gasteiger partial charge < -0.3 is 10.6 Å². The summed E-state index contributed by atoms with van der Waals surface area (Å²) in [5.74, 6) is 0. The minimum atomic E-state index is 0.843. The predicted octanol–water partition coefficient (Wildman–Crippen LogP) is 3.65. The first-order chi connectivity index (χ1) is 9.19. The molecule has 0 aliphatic heterocycles. The zero-order valence-corrected chi connectivity index (χ0v) is 11.8. The number of nitrogens with zero attached hydrogens (tertiary/aromatic N) is 1. The molecule has 0 saturated heterocycles. The van der Waals surface area contributed by atoms with Gasteiger partial charge in [-0.05, 0) is 50.1 Å². The Balaban J connectivity index is 2.01. The summed E-state index contributed by atoms with van der Waals surface area (Å²) >= 11 is 0. The van der Waals surface area contributed by atoms with E-state index in [4.69, 9.17) is 5.73 Å². The van der Waals surface area contributed by atoms with E-state index in [9.17, 15) is 0 Å². The van der Waals surface area contributed by atoms with Crippen LogP contribution >= 0.6 is 0 Å². The maximum absolute atomic E-state index is 5.81. The lowest BCUT2D eigenvalue weighted by Crippen LogP contribution is -2.25. The van der Waals surface area contributed by atoms with Gasteiger partial charge in [0.15, 0.2) is 0 Å². The van der Waals surface area contributed by atoms with Crippen LogP contribution in [-0.4, -0.2) is 13.1 Å². The highest BCUT2D eigenvalue weighted by Crippen LogP contribution is 2.16. The Kier molecular flexibility index (Phi) is 4.45. The molecule has 0 aromatic heterocycles. The lowest BCUT2D eigenvalue weighted by Gasteiger charge is -2.23. The van der Waals surface area contributed by atoms with Crippen LogP contribution in [0.1, 0.15) is 18.1 Å². The molecule has 2 rings (SSSR count). The van der Waals surface area contributed by atoms with E-state index in [2.05, 4.69) is 55.1 Å². The van der Waals surface area contributed by atoms with Gasteiger partial charge in [0.2, 0.25) is 0 Å². The molecule has 0 amide bonds. The first-order valence-corrected chi connectivity index (χ1v) is 6.85. The Hall–Kier alpha value is -1.96. The molecule has 0 radical (unpaired) electrons. The van der Waals surface area contributed by atoms with Crippen molar-refractivity contribution in [1.29, 1.82) is 0 Å². The van der Waals surface area contributed by atoms with Crippen LogP contribution in [0.4, 0.5) is 11.4 Å². The van der Waals surface area contributed by atoms with Gasteiger partial charge in [-0.1, -0.05) is 29.8 Å². The fraction of sp³-hybridized carbons (Fsp3) is 0.294. The molecule has 2 heteroatoms. The molecule has 100 valence electrons. The molecule has 2 aromatic carbocycles. The zero-order valence-electron chi connectivity index (χ0n) is 11.8. The van der Waals surface area contributed by atoms with Crippen molar-refractivity contribution in [3.63, 3.8) is 0 Å². The molecule has 19 heavy (non-hydrogen) atoms. The second-order valence-corrected chi connectivity index (χ2v) is 4.91. The highest BCUT2D eigenvalue weighted by Gasteiger charge is 2.04. The SMILES string of the molecule is CCN(CCc1cccc(N)c1)c1ccc(C)cc1. The predicted molar refractivity (Wildman–Crippen MR) is 83.6 cm³/mol. The van der Waals surface area contributed by atoms with Crippen LogP contribution in [0.25, 0.3) is 0 Å². The molecule has 0 unspecified atom stereocenters. The van der Waals surface area contributed by atoms with Crippen LogP contribution in [0.3, 0.4) is 0 Å². The number of nitrogens with two attached hydrogens (primary N) is 1. The van der Waals surface area contributed by atoms with Gasteiger partial charge in [-0.25, -0.2) is 0 Å². The Morgan fingerprint density at radius 1 is 1.05 bits per heavy atom. The van der Waals surface area contributed by atoms with Crippen molar-refractivity contribution in [3.05, 3.63) is 59.7 Å². The fourth-order valence-electron chi connectivity index (χ4n) is 2.24. The number of nitrogen functional groups attached to an aromatic ring is 1. The van der Waals surface area contributed by atoms with Crippen LogP contribution in [-0.2, 0) is 6.42 Å². The van der Waals surface area contributed by atoms with Crippen molar-refractivity contribution in [1.82, 2.24) is 0 Å². The van der Waals surface area contributed by atoms with E-state index < -0.39 is 0 Å². The van der Waals surface area contributed by atoms with Gasteiger partial charge in [-0.3, -0.25) is 0 Å². The number of aryl methyl sites for hydroxylation is 1. The zero-order chi connectivity index (χ0) is 13.7. The second-order valence-electron chi connectivity index (χ2n) is 4.91. The average Bonchev–Trinajstić information content (AvgIpc) is 2.41. The highest BCUT2D eigenvalue weighted by molar-refractivity contribution is 5.48. The second kappa shape index (κ2) is 6.28. The lowest BCUT2D eigenvalue weighted by molar-refractivity contribution is 0.809. The van der Waals surface area contributed by atoms with E-state index in [1.165, 1.54) is 16.8 Å². The van der Waals surface area contributed by atoms with E-state index in [0.717, 1.165) is 25.2 Å².